The van der Waals surface area contributed by atoms with Gasteiger partial charge in [-0.05, 0) is 24.3 Å². The standard InChI is InChI=1S/C12H12N3O/c1-16-12-4-2-11(3-5-12)15-9-8-14(10-15)7-6-13/h2-5,8-10H,7H2,1H3/q+1. The molecule has 0 aliphatic carbocycles. The molecule has 0 spiro atoms. The maximum absolute atomic E-state index is 8.57. The molecule has 0 bridgehead atoms. The van der Waals surface area contributed by atoms with Crippen LogP contribution in [0.3, 0.4) is 0 Å². The molecule has 0 saturated heterocycles. The Morgan fingerprint density at radius 1 is 1.38 bits per heavy atom. The summed E-state index contributed by atoms with van der Waals surface area (Å²) < 4.78 is 8.87. The van der Waals surface area contributed by atoms with Gasteiger partial charge in [0.05, 0.1) is 7.11 Å². The molecule has 1 aromatic heterocycles. The Labute approximate surface area is 93.9 Å². The van der Waals surface area contributed by atoms with Crippen LogP contribution in [0.4, 0.5) is 0 Å². The molecule has 0 atom stereocenters. The average Bonchev–Trinajstić information content (AvgIpc) is 2.78. The van der Waals surface area contributed by atoms with E-state index in [0.717, 1.165) is 11.4 Å². The van der Waals surface area contributed by atoms with Crippen LogP contribution in [0.2, 0.25) is 0 Å². The third kappa shape index (κ3) is 2.04. The normalized spacial score (nSPS) is 9.75. The summed E-state index contributed by atoms with van der Waals surface area (Å²) in [5.41, 5.74) is 1.04. The highest BCUT2D eigenvalue weighted by molar-refractivity contribution is 5.36. The molecule has 0 N–H and O–H groups in total. The molecule has 0 fully saturated rings. The molecule has 0 radical (unpaired) electrons. The van der Waals surface area contributed by atoms with Crippen molar-refractivity contribution in [3.8, 4) is 17.5 Å². The van der Waals surface area contributed by atoms with Gasteiger partial charge in [-0.25, -0.2) is 9.13 Å². The lowest BCUT2D eigenvalue weighted by Gasteiger charge is -1.99. The number of nitrogens with zero attached hydrogens (tertiary/aromatic N) is 3. The van der Waals surface area contributed by atoms with Crippen molar-refractivity contribution < 1.29 is 9.30 Å². The van der Waals surface area contributed by atoms with Crippen molar-refractivity contribution >= 4 is 0 Å². The van der Waals surface area contributed by atoms with E-state index < -0.39 is 0 Å². The van der Waals surface area contributed by atoms with Crippen molar-refractivity contribution in [3.63, 3.8) is 0 Å². The Kier molecular flexibility index (Phi) is 2.88. The van der Waals surface area contributed by atoms with Crippen molar-refractivity contribution in [2.75, 3.05) is 7.11 Å². The summed E-state index contributed by atoms with van der Waals surface area (Å²) in [5.74, 6) is 0.834. The number of aromatic nitrogens is 2. The molecule has 0 aliphatic rings. The Morgan fingerprint density at radius 2 is 2.12 bits per heavy atom. The maximum atomic E-state index is 8.57. The largest absolute Gasteiger partial charge is 0.497 e. The molecule has 4 heteroatoms. The summed E-state index contributed by atoms with van der Waals surface area (Å²) in [4.78, 5) is 0. The molecule has 2 rings (SSSR count). The van der Waals surface area contributed by atoms with Crippen LogP contribution < -0.4 is 9.30 Å². The predicted molar refractivity (Wildman–Crippen MR) is 58.1 cm³/mol. The first-order chi connectivity index (χ1) is 7.83. The Balaban J connectivity index is 2.25. The number of methoxy groups -OCH3 is 1. The Hall–Kier alpha value is -2.28. The first-order valence-corrected chi connectivity index (χ1v) is 4.92. The van der Waals surface area contributed by atoms with Crippen LogP contribution in [-0.4, -0.2) is 11.7 Å². The van der Waals surface area contributed by atoms with E-state index in [-0.39, 0.29) is 0 Å². The molecule has 1 aromatic carbocycles. The number of imidazole rings is 1. The first kappa shape index (κ1) is 10.2. The van der Waals surface area contributed by atoms with Gasteiger partial charge in [-0.15, -0.1) is 0 Å². The molecule has 0 unspecified atom stereocenters. The molecule has 1 heterocycles. The molecule has 80 valence electrons. The number of benzene rings is 1. The fraction of sp³-hybridized carbons (Fsp3) is 0.167. The molecule has 16 heavy (non-hydrogen) atoms. The van der Waals surface area contributed by atoms with Gasteiger partial charge in [-0.1, -0.05) is 0 Å². The van der Waals surface area contributed by atoms with Crippen molar-refractivity contribution in [2.45, 2.75) is 6.54 Å². The summed E-state index contributed by atoms with van der Waals surface area (Å²) in [7, 11) is 1.64. The lowest BCUT2D eigenvalue weighted by atomic mass is 10.3. The van der Waals surface area contributed by atoms with E-state index in [0.29, 0.717) is 6.54 Å². The summed E-state index contributed by atoms with van der Waals surface area (Å²) in [6, 6.07) is 9.85. The van der Waals surface area contributed by atoms with Crippen LogP contribution in [0.1, 0.15) is 0 Å². The molecule has 0 saturated carbocycles. The zero-order valence-electron chi connectivity index (χ0n) is 9.00. The van der Waals surface area contributed by atoms with Crippen LogP contribution in [-0.2, 0) is 6.54 Å². The van der Waals surface area contributed by atoms with Gasteiger partial charge in [0.2, 0.25) is 6.33 Å². The molecule has 0 amide bonds. The van der Waals surface area contributed by atoms with Gasteiger partial charge in [0.1, 0.15) is 29.9 Å². The van der Waals surface area contributed by atoms with Crippen LogP contribution in [0.25, 0.3) is 5.69 Å². The number of hydrogen-bond acceptors (Lipinski definition) is 2. The zero-order valence-corrected chi connectivity index (χ0v) is 9.00. The van der Waals surface area contributed by atoms with Crippen molar-refractivity contribution in [2.24, 2.45) is 0 Å². The summed E-state index contributed by atoms with van der Waals surface area (Å²) >= 11 is 0. The Bertz CT molecular complexity index is 508. The molecular formula is C12H12N3O+. The monoisotopic (exact) mass is 214 g/mol. The highest BCUT2D eigenvalue weighted by atomic mass is 16.5. The highest BCUT2D eigenvalue weighted by Gasteiger charge is 2.05. The second kappa shape index (κ2) is 4.49. The van der Waals surface area contributed by atoms with Crippen molar-refractivity contribution in [3.05, 3.63) is 43.0 Å². The smallest absolute Gasteiger partial charge is 0.249 e. The number of ether oxygens (including phenoxy) is 1. The Morgan fingerprint density at radius 3 is 2.75 bits per heavy atom. The van der Waals surface area contributed by atoms with E-state index >= 15 is 0 Å². The quantitative estimate of drug-likeness (QED) is 0.723. The number of nitriles is 1. The minimum absolute atomic E-state index is 0.364. The van der Waals surface area contributed by atoms with Crippen LogP contribution in [0.15, 0.2) is 43.0 Å². The van der Waals surface area contributed by atoms with Gasteiger partial charge in [0, 0.05) is 0 Å². The van der Waals surface area contributed by atoms with E-state index in [2.05, 4.69) is 6.07 Å². The van der Waals surface area contributed by atoms with Gasteiger partial charge in [0.15, 0.2) is 6.54 Å². The zero-order chi connectivity index (χ0) is 11.4. The van der Waals surface area contributed by atoms with Gasteiger partial charge in [-0.2, -0.15) is 5.26 Å². The van der Waals surface area contributed by atoms with E-state index in [9.17, 15) is 0 Å². The fourth-order valence-electron chi connectivity index (χ4n) is 1.48. The van der Waals surface area contributed by atoms with E-state index in [1.165, 1.54) is 0 Å². The minimum atomic E-state index is 0.364. The maximum Gasteiger partial charge on any atom is 0.249 e. The molecular weight excluding hydrogens is 202 g/mol. The summed E-state index contributed by atoms with van der Waals surface area (Å²) in [6.45, 7) is 0.364. The third-order valence-corrected chi connectivity index (χ3v) is 2.32. The van der Waals surface area contributed by atoms with Crippen LogP contribution in [0.5, 0.6) is 5.75 Å². The van der Waals surface area contributed by atoms with Gasteiger partial charge in [0.25, 0.3) is 0 Å². The molecule has 2 aromatic rings. The average molecular weight is 214 g/mol. The molecule has 0 aliphatic heterocycles. The van der Waals surface area contributed by atoms with E-state index in [1.54, 1.807) is 7.11 Å². The van der Waals surface area contributed by atoms with Gasteiger partial charge < -0.3 is 4.74 Å². The van der Waals surface area contributed by atoms with Gasteiger partial charge in [-0.3, -0.25) is 0 Å². The third-order valence-electron chi connectivity index (χ3n) is 2.32. The van der Waals surface area contributed by atoms with Crippen molar-refractivity contribution in [1.82, 2.24) is 4.57 Å². The second-order valence-electron chi connectivity index (χ2n) is 3.35. The highest BCUT2D eigenvalue weighted by Crippen LogP contribution is 2.13. The van der Waals surface area contributed by atoms with E-state index in [1.807, 2.05) is 52.1 Å². The lowest BCUT2D eigenvalue weighted by Crippen LogP contribution is -2.29. The minimum Gasteiger partial charge on any atom is -0.497 e. The summed E-state index contributed by atoms with van der Waals surface area (Å²) in [6.07, 6.45) is 5.66. The fourth-order valence-corrected chi connectivity index (χ4v) is 1.48. The summed E-state index contributed by atoms with van der Waals surface area (Å²) in [5, 5.41) is 8.57. The SMILES string of the molecule is COc1ccc(-n2cc[n+](CC#N)c2)cc1. The van der Waals surface area contributed by atoms with Crippen LogP contribution in [0, 0.1) is 11.3 Å². The van der Waals surface area contributed by atoms with Crippen LogP contribution >= 0.6 is 0 Å². The number of rotatable bonds is 3. The molecule has 4 nitrogen and oxygen atoms in total. The second-order valence-corrected chi connectivity index (χ2v) is 3.35. The van der Waals surface area contributed by atoms with Crippen molar-refractivity contribution in [1.29, 1.82) is 5.26 Å². The van der Waals surface area contributed by atoms with Gasteiger partial charge >= 0.3 is 0 Å². The van der Waals surface area contributed by atoms with E-state index in [4.69, 9.17) is 10.00 Å². The number of hydrogen-bond donors (Lipinski definition) is 0. The first-order valence-electron chi connectivity index (χ1n) is 4.92. The lowest BCUT2D eigenvalue weighted by molar-refractivity contribution is -0.684. The predicted octanol–water partition coefficient (Wildman–Crippen LogP) is 1.30. The topological polar surface area (TPSA) is 41.8 Å².